The highest BCUT2D eigenvalue weighted by Gasteiger charge is 2.18. The van der Waals surface area contributed by atoms with E-state index in [0.29, 0.717) is 0 Å². The Morgan fingerprint density at radius 1 is 1.00 bits per heavy atom. The molecule has 0 unspecified atom stereocenters. The lowest BCUT2D eigenvalue weighted by Gasteiger charge is -2.19. The molecule has 0 aliphatic carbocycles. The van der Waals surface area contributed by atoms with Crippen molar-refractivity contribution in [2.45, 2.75) is 45.4 Å². The first kappa shape index (κ1) is 18.7. The van der Waals surface area contributed by atoms with Crippen LogP contribution < -0.4 is 5.73 Å². The van der Waals surface area contributed by atoms with E-state index in [4.69, 9.17) is 5.73 Å². The fourth-order valence-corrected chi connectivity index (χ4v) is 3.87. The van der Waals surface area contributed by atoms with E-state index in [0.717, 1.165) is 36.9 Å². The summed E-state index contributed by atoms with van der Waals surface area (Å²) < 4.78 is 0. The molecule has 2 aromatic heterocycles. The van der Waals surface area contributed by atoms with Crippen molar-refractivity contribution in [2.24, 2.45) is 5.73 Å². The van der Waals surface area contributed by atoms with Crippen molar-refractivity contribution in [1.29, 1.82) is 0 Å². The third-order valence-electron chi connectivity index (χ3n) is 5.53. The molecule has 0 saturated heterocycles. The zero-order valence-corrected chi connectivity index (χ0v) is 17.0. The largest absolute Gasteiger partial charge is 0.354 e. The van der Waals surface area contributed by atoms with Crippen molar-refractivity contribution >= 4 is 21.8 Å². The van der Waals surface area contributed by atoms with Crippen LogP contribution in [-0.4, -0.2) is 16.5 Å². The number of H-pyrrole nitrogens is 1. The van der Waals surface area contributed by atoms with E-state index in [1.54, 1.807) is 0 Å². The van der Waals surface area contributed by atoms with Crippen molar-refractivity contribution in [3.05, 3.63) is 65.9 Å². The Hall–Kier alpha value is -2.65. The fourth-order valence-electron chi connectivity index (χ4n) is 3.87. The van der Waals surface area contributed by atoms with Gasteiger partial charge in [0.05, 0.1) is 11.2 Å². The Morgan fingerprint density at radius 2 is 1.82 bits per heavy atom. The van der Waals surface area contributed by atoms with Crippen LogP contribution in [0.5, 0.6) is 0 Å². The van der Waals surface area contributed by atoms with E-state index >= 15 is 0 Å². The SMILES string of the molecule is CC(C)(C)c1ccc2[nH]c(-c3cnc4ccccc4c3)c(CCCCN)c2c1. The van der Waals surface area contributed by atoms with E-state index in [2.05, 4.69) is 73.2 Å². The summed E-state index contributed by atoms with van der Waals surface area (Å²) in [5.74, 6) is 0. The van der Waals surface area contributed by atoms with Crippen LogP contribution in [0.4, 0.5) is 0 Å². The molecule has 28 heavy (non-hydrogen) atoms. The number of nitrogens with zero attached hydrogens (tertiary/aromatic N) is 1. The molecule has 144 valence electrons. The third-order valence-corrected chi connectivity index (χ3v) is 5.53. The van der Waals surface area contributed by atoms with Gasteiger partial charge in [-0.25, -0.2) is 0 Å². The molecule has 0 atom stereocenters. The molecular weight excluding hydrogens is 342 g/mol. The van der Waals surface area contributed by atoms with Crippen LogP contribution in [0.2, 0.25) is 0 Å². The number of aromatic amines is 1. The van der Waals surface area contributed by atoms with Crippen LogP contribution in [0, 0.1) is 0 Å². The molecule has 4 aromatic rings. The van der Waals surface area contributed by atoms with Gasteiger partial charge >= 0.3 is 0 Å². The van der Waals surface area contributed by atoms with E-state index in [1.807, 2.05) is 12.3 Å². The minimum Gasteiger partial charge on any atom is -0.354 e. The average Bonchev–Trinajstić information content (AvgIpc) is 3.05. The second-order valence-corrected chi connectivity index (χ2v) is 8.65. The van der Waals surface area contributed by atoms with Crippen LogP contribution in [0.3, 0.4) is 0 Å². The zero-order chi connectivity index (χ0) is 19.7. The van der Waals surface area contributed by atoms with Gasteiger partial charge in [-0.05, 0) is 66.6 Å². The summed E-state index contributed by atoms with van der Waals surface area (Å²) in [6.45, 7) is 7.54. The predicted molar refractivity (Wildman–Crippen MR) is 120 cm³/mol. The Bertz CT molecular complexity index is 1120. The number of hydrogen-bond acceptors (Lipinski definition) is 2. The molecular formula is C25H29N3. The molecule has 3 heteroatoms. The first-order chi connectivity index (χ1) is 13.5. The average molecular weight is 372 g/mol. The molecule has 0 bridgehead atoms. The van der Waals surface area contributed by atoms with Crippen LogP contribution in [0.15, 0.2) is 54.7 Å². The van der Waals surface area contributed by atoms with Gasteiger partial charge in [0.15, 0.2) is 0 Å². The summed E-state index contributed by atoms with van der Waals surface area (Å²) in [5, 5.41) is 2.49. The lowest BCUT2D eigenvalue weighted by Crippen LogP contribution is -2.10. The van der Waals surface area contributed by atoms with Gasteiger partial charge in [0.25, 0.3) is 0 Å². The number of pyridine rings is 1. The predicted octanol–water partition coefficient (Wildman–Crippen LogP) is 5.96. The van der Waals surface area contributed by atoms with E-state index in [-0.39, 0.29) is 5.41 Å². The Kier molecular flexibility index (Phi) is 4.94. The quantitative estimate of drug-likeness (QED) is 0.425. The summed E-state index contributed by atoms with van der Waals surface area (Å²) in [6, 6.07) is 17.3. The first-order valence-corrected chi connectivity index (χ1v) is 10.2. The number of nitrogens with two attached hydrogens (primary N) is 1. The number of aromatic nitrogens is 2. The highest BCUT2D eigenvalue weighted by atomic mass is 14.7. The van der Waals surface area contributed by atoms with Crippen LogP contribution in [-0.2, 0) is 11.8 Å². The smallest absolute Gasteiger partial charge is 0.0702 e. The lowest BCUT2D eigenvalue weighted by atomic mass is 9.86. The van der Waals surface area contributed by atoms with Crippen molar-refractivity contribution in [3.63, 3.8) is 0 Å². The number of benzene rings is 2. The highest BCUT2D eigenvalue weighted by Crippen LogP contribution is 2.35. The molecule has 0 spiro atoms. The van der Waals surface area contributed by atoms with Gasteiger partial charge in [0.1, 0.15) is 0 Å². The number of rotatable bonds is 5. The fraction of sp³-hybridized carbons (Fsp3) is 0.320. The molecule has 0 aliphatic heterocycles. The molecule has 3 N–H and O–H groups in total. The Morgan fingerprint density at radius 3 is 2.61 bits per heavy atom. The second kappa shape index (κ2) is 7.40. The molecule has 2 heterocycles. The monoisotopic (exact) mass is 371 g/mol. The summed E-state index contributed by atoms with van der Waals surface area (Å²) in [4.78, 5) is 8.36. The van der Waals surface area contributed by atoms with E-state index < -0.39 is 0 Å². The van der Waals surface area contributed by atoms with Crippen LogP contribution in [0.1, 0.15) is 44.7 Å². The van der Waals surface area contributed by atoms with Crippen molar-refractivity contribution in [3.8, 4) is 11.3 Å². The number of unbranched alkanes of at least 4 members (excludes halogenated alkanes) is 1. The van der Waals surface area contributed by atoms with Gasteiger partial charge in [-0.3, -0.25) is 4.98 Å². The minimum atomic E-state index is 0.130. The lowest BCUT2D eigenvalue weighted by molar-refractivity contribution is 0.591. The number of fused-ring (bicyclic) bond motifs is 2. The van der Waals surface area contributed by atoms with E-state index in [9.17, 15) is 0 Å². The maximum atomic E-state index is 5.76. The van der Waals surface area contributed by atoms with Crippen molar-refractivity contribution < 1.29 is 0 Å². The zero-order valence-electron chi connectivity index (χ0n) is 17.0. The number of para-hydroxylation sites is 1. The maximum Gasteiger partial charge on any atom is 0.0702 e. The third kappa shape index (κ3) is 3.55. The molecule has 0 saturated carbocycles. The van der Waals surface area contributed by atoms with Crippen LogP contribution in [0.25, 0.3) is 33.1 Å². The van der Waals surface area contributed by atoms with Gasteiger partial charge in [0.2, 0.25) is 0 Å². The van der Waals surface area contributed by atoms with E-state index in [1.165, 1.54) is 33.1 Å². The normalized spacial score (nSPS) is 12.1. The number of hydrogen-bond donors (Lipinski definition) is 2. The summed E-state index contributed by atoms with van der Waals surface area (Å²) in [5.41, 5.74) is 13.2. The van der Waals surface area contributed by atoms with Gasteiger partial charge in [-0.2, -0.15) is 0 Å². The van der Waals surface area contributed by atoms with Crippen LogP contribution >= 0.6 is 0 Å². The standard InChI is InChI=1S/C25H29N3/c1-25(2,3)19-11-12-23-21(15-19)20(9-6-7-13-26)24(28-23)18-14-17-8-4-5-10-22(17)27-16-18/h4-5,8,10-12,14-16,28H,6-7,9,13,26H2,1-3H3. The molecule has 4 rings (SSSR count). The van der Waals surface area contributed by atoms with Crippen molar-refractivity contribution in [1.82, 2.24) is 9.97 Å². The minimum absolute atomic E-state index is 0.130. The molecule has 2 aromatic carbocycles. The molecule has 0 amide bonds. The Balaban J connectivity index is 1.88. The summed E-state index contributed by atoms with van der Waals surface area (Å²) in [7, 11) is 0. The van der Waals surface area contributed by atoms with Gasteiger partial charge in [-0.1, -0.05) is 45.0 Å². The topological polar surface area (TPSA) is 54.7 Å². The van der Waals surface area contributed by atoms with Crippen molar-refractivity contribution in [2.75, 3.05) is 6.54 Å². The molecule has 0 aliphatic rings. The second-order valence-electron chi connectivity index (χ2n) is 8.65. The Labute approximate surface area is 167 Å². The van der Waals surface area contributed by atoms with Gasteiger partial charge < -0.3 is 10.7 Å². The number of aryl methyl sites for hydroxylation is 1. The summed E-state index contributed by atoms with van der Waals surface area (Å²) >= 11 is 0. The number of nitrogens with one attached hydrogen (secondary N) is 1. The van der Waals surface area contributed by atoms with Gasteiger partial charge in [-0.15, -0.1) is 0 Å². The molecule has 0 radical (unpaired) electrons. The first-order valence-electron chi connectivity index (χ1n) is 10.2. The maximum absolute atomic E-state index is 5.76. The summed E-state index contributed by atoms with van der Waals surface area (Å²) in [6.07, 6.45) is 5.15. The molecule has 3 nitrogen and oxygen atoms in total. The highest BCUT2D eigenvalue weighted by molar-refractivity contribution is 5.93. The van der Waals surface area contributed by atoms with Gasteiger partial charge in [0, 0.05) is 28.0 Å². The molecule has 0 fully saturated rings.